The van der Waals surface area contributed by atoms with E-state index in [-0.39, 0.29) is 0 Å². The van der Waals surface area contributed by atoms with Gasteiger partial charge in [0, 0.05) is 0 Å². The molecule has 0 heterocycles. The van der Waals surface area contributed by atoms with Crippen LogP contribution in [0.2, 0.25) is 0 Å². The van der Waals surface area contributed by atoms with Gasteiger partial charge in [-0.25, -0.2) is 0 Å². The van der Waals surface area contributed by atoms with Crippen LogP contribution in [0.5, 0.6) is 0 Å². The van der Waals surface area contributed by atoms with E-state index in [1.165, 1.54) is 23.1 Å². The van der Waals surface area contributed by atoms with Crippen LogP contribution < -0.4 is 5.32 Å². The lowest BCUT2D eigenvalue weighted by molar-refractivity contribution is 0.357. The summed E-state index contributed by atoms with van der Waals surface area (Å²) in [6.45, 7) is 15.9. The van der Waals surface area contributed by atoms with Gasteiger partial charge in [0.1, 0.15) is 0 Å². The molecule has 0 saturated heterocycles. The number of rotatable bonds is 7. The molecule has 1 nitrogen and oxygen atoms in total. The van der Waals surface area contributed by atoms with Crippen LogP contribution in [0.25, 0.3) is 0 Å². The van der Waals surface area contributed by atoms with Crippen LogP contribution in [0, 0.1) is 31.6 Å². The Morgan fingerprint density at radius 3 is 2.16 bits per heavy atom. The SMILES string of the molecule is Cc1ccc(CC(C)C(C)CNCC(C)C)cc1C. The number of benzene rings is 1. The average molecular weight is 261 g/mol. The maximum atomic E-state index is 3.57. The molecule has 0 aliphatic rings. The van der Waals surface area contributed by atoms with Gasteiger partial charge in [-0.3, -0.25) is 0 Å². The molecule has 0 aliphatic heterocycles. The fourth-order valence-electron chi connectivity index (χ4n) is 2.30. The summed E-state index contributed by atoms with van der Waals surface area (Å²) in [7, 11) is 0. The van der Waals surface area contributed by atoms with Crippen LogP contribution in [-0.2, 0) is 6.42 Å². The van der Waals surface area contributed by atoms with Gasteiger partial charge in [-0.1, -0.05) is 45.9 Å². The second kappa shape index (κ2) is 7.69. The van der Waals surface area contributed by atoms with Crippen molar-refractivity contribution >= 4 is 0 Å². The highest BCUT2D eigenvalue weighted by molar-refractivity contribution is 5.30. The second-order valence-electron chi connectivity index (χ2n) is 6.63. The minimum Gasteiger partial charge on any atom is -0.316 e. The molecule has 1 rings (SSSR count). The monoisotopic (exact) mass is 261 g/mol. The van der Waals surface area contributed by atoms with E-state index in [1.54, 1.807) is 0 Å². The molecule has 2 unspecified atom stereocenters. The Morgan fingerprint density at radius 2 is 1.58 bits per heavy atom. The number of hydrogen-bond acceptors (Lipinski definition) is 1. The first kappa shape index (κ1) is 16.2. The van der Waals surface area contributed by atoms with Crippen LogP contribution >= 0.6 is 0 Å². The van der Waals surface area contributed by atoms with Gasteiger partial charge in [0.05, 0.1) is 0 Å². The summed E-state index contributed by atoms with van der Waals surface area (Å²) in [5.41, 5.74) is 4.28. The molecule has 1 N–H and O–H groups in total. The fourth-order valence-corrected chi connectivity index (χ4v) is 2.30. The van der Waals surface area contributed by atoms with E-state index in [1.807, 2.05) is 0 Å². The Labute approximate surface area is 119 Å². The second-order valence-corrected chi connectivity index (χ2v) is 6.63. The van der Waals surface area contributed by atoms with Crippen molar-refractivity contribution in [1.29, 1.82) is 0 Å². The van der Waals surface area contributed by atoms with E-state index in [9.17, 15) is 0 Å². The highest BCUT2D eigenvalue weighted by atomic mass is 14.9. The average Bonchev–Trinajstić information content (AvgIpc) is 2.33. The fraction of sp³-hybridized carbons (Fsp3) is 0.667. The predicted molar refractivity (Wildman–Crippen MR) is 85.7 cm³/mol. The van der Waals surface area contributed by atoms with Gasteiger partial charge in [-0.05, 0) is 67.8 Å². The number of hydrogen-bond donors (Lipinski definition) is 1. The zero-order valence-electron chi connectivity index (χ0n) is 13.6. The Morgan fingerprint density at radius 1 is 0.895 bits per heavy atom. The summed E-state index contributed by atoms with van der Waals surface area (Å²) >= 11 is 0. The third kappa shape index (κ3) is 5.78. The van der Waals surface area contributed by atoms with E-state index in [0.717, 1.165) is 30.8 Å². The molecule has 0 saturated carbocycles. The van der Waals surface area contributed by atoms with E-state index in [2.05, 4.69) is 65.1 Å². The van der Waals surface area contributed by atoms with Crippen molar-refractivity contribution in [1.82, 2.24) is 5.32 Å². The first-order valence-electron chi connectivity index (χ1n) is 7.67. The van der Waals surface area contributed by atoms with Crippen molar-refractivity contribution < 1.29 is 0 Å². The summed E-state index contributed by atoms with van der Waals surface area (Å²) in [6.07, 6.45) is 1.19. The minimum absolute atomic E-state index is 0.723. The van der Waals surface area contributed by atoms with Crippen LogP contribution in [0.4, 0.5) is 0 Å². The van der Waals surface area contributed by atoms with Gasteiger partial charge >= 0.3 is 0 Å². The zero-order chi connectivity index (χ0) is 14.4. The first-order valence-corrected chi connectivity index (χ1v) is 7.67. The van der Waals surface area contributed by atoms with E-state index in [0.29, 0.717) is 0 Å². The molecular weight excluding hydrogens is 230 g/mol. The van der Waals surface area contributed by atoms with Gasteiger partial charge in [-0.15, -0.1) is 0 Å². The van der Waals surface area contributed by atoms with Crippen LogP contribution in [-0.4, -0.2) is 13.1 Å². The summed E-state index contributed by atoms with van der Waals surface area (Å²) in [4.78, 5) is 0. The zero-order valence-corrected chi connectivity index (χ0v) is 13.6. The van der Waals surface area contributed by atoms with E-state index >= 15 is 0 Å². The molecule has 2 atom stereocenters. The van der Waals surface area contributed by atoms with Crippen molar-refractivity contribution in [2.75, 3.05) is 13.1 Å². The molecular formula is C18H31N. The van der Waals surface area contributed by atoms with Crippen molar-refractivity contribution in [2.45, 2.75) is 48.0 Å². The molecule has 0 fully saturated rings. The number of nitrogens with one attached hydrogen (secondary N) is 1. The van der Waals surface area contributed by atoms with E-state index < -0.39 is 0 Å². The molecule has 1 heteroatoms. The van der Waals surface area contributed by atoms with Crippen molar-refractivity contribution in [3.05, 3.63) is 34.9 Å². The first-order chi connectivity index (χ1) is 8.90. The van der Waals surface area contributed by atoms with Crippen LogP contribution in [0.3, 0.4) is 0 Å². The lowest BCUT2D eigenvalue weighted by Gasteiger charge is -2.21. The normalized spacial score (nSPS) is 14.7. The molecule has 19 heavy (non-hydrogen) atoms. The summed E-state index contributed by atoms with van der Waals surface area (Å²) in [5, 5.41) is 3.57. The summed E-state index contributed by atoms with van der Waals surface area (Å²) in [6, 6.07) is 6.88. The Hall–Kier alpha value is -0.820. The quantitative estimate of drug-likeness (QED) is 0.769. The predicted octanol–water partition coefficient (Wildman–Crippen LogP) is 4.36. The third-order valence-electron chi connectivity index (χ3n) is 4.12. The molecule has 108 valence electrons. The topological polar surface area (TPSA) is 12.0 Å². The molecule has 0 spiro atoms. The number of aryl methyl sites for hydroxylation is 2. The van der Waals surface area contributed by atoms with Crippen molar-refractivity contribution in [3.63, 3.8) is 0 Å². The van der Waals surface area contributed by atoms with Crippen molar-refractivity contribution in [2.24, 2.45) is 17.8 Å². The van der Waals surface area contributed by atoms with Gasteiger partial charge in [0.15, 0.2) is 0 Å². The van der Waals surface area contributed by atoms with Gasteiger partial charge in [0.2, 0.25) is 0 Å². The van der Waals surface area contributed by atoms with Crippen LogP contribution in [0.1, 0.15) is 44.4 Å². The Kier molecular flexibility index (Phi) is 6.57. The molecule has 0 aromatic heterocycles. The maximum Gasteiger partial charge on any atom is -0.00204 e. The van der Waals surface area contributed by atoms with Crippen LogP contribution in [0.15, 0.2) is 18.2 Å². The summed E-state index contributed by atoms with van der Waals surface area (Å²) in [5.74, 6) is 2.18. The molecule has 1 aromatic carbocycles. The van der Waals surface area contributed by atoms with Crippen molar-refractivity contribution in [3.8, 4) is 0 Å². The lowest BCUT2D eigenvalue weighted by Crippen LogP contribution is -2.28. The Balaban J connectivity index is 2.44. The van der Waals surface area contributed by atoms with Gasteiger partial charge in [0.25, 0.3) is 0 Å². The molecule has 0 radical (unpaired) electrons. The Bertz CT molecular complexity index is 381. The van der Waals surface area contributed by atoms with E-state index in [4.69, 9.17) is 0 Å². The highest BCUT2D eigenvalue weighted by Crippen LogP contribution is 2.18. The third-order valence-corrected chi connectivity index (χ3v) is 4.12. The molecule has 0 bridgehead atoms. The maximum absolute atomic E-state index is 3.57. The smallest absolute Gasteiger partial charge is 0.00204 e. The summed E-state index contributed by atoms with van der Waals surface area (Å²) < 4.78 is 0. The molecule has 1 aromatic rings. The largest absolute Gasteiger partial charge is 0.316 e. The molecule has 0 amide bonds. The standard InChI is InChI=1S/C18H31N/c1-13(2)11-19-12-17(6)16(5)10-18-8-7-14(3)15(4)9-18/h7-9,13,16-17,19H,10-12H2,1-6H3. The van der Waals surface area contributed by atoms with Gasteiger partial charge < -0.3 is 5.32 Å². The van der Waals surface area contributed by atoms with Gasteiger partial charge in [-0.2, -0.15) is 0 Å². The molecule has 0 aliphatic carbocycles. The lowest BCUT2D eigenvalue weighted by atomic mass is 9.88. The minimum atomic E-state index is 0.723. The highest BCUT2D eigenvalue weighted by Gasteiger charge is 2.13.